The fourth-order valence-corrected chi connectivity index (χ4v) is 1.84. The molecule has 0 saturated carbocycles. The summed E-state index contributed by atoms with van der Waals surface area (Å²) in [5, 5.41) is 9.36. The molecule has 0 aromatic heterocycles. The van der Waals surface area contributed by atoms with Crippen molar-refractivity contribution in [3.05, 3.63) is 0 Å². The number of unbranched alkanes of at least 4 members (excludes halogenated alkanes) is 6. The molecule has 0 radical (unpaired) electrons. The highest BCUT2D eigenvalue weighted by atomic mass is 16.5. The molecule has 0 amide bonds. The van der Waals surface area contributed by atoms with Crippen LogP contribution in [0.5, 0.6) is 0 Å². The summed E-state index contributed by atoms with van der Waals surface area (Å²) in [4.78, 5) is 10.8. The van der Waals surface area contributed by atoms with Gasteiger partial charge in [-0.15, -0.1) is 0 Å². The fourth-order valence-electron chi connectivity index (χ4n) is 1.84. The van der Waals surface area contributed by atoms with Crippen molar-refractivity contribution in [1.82, 2.24) is 0 Å². The summed E-state index contributed by atoms with van der Waals surface area (Å²) in [6, 6.07) is 0. The molecule has 0 spiro atoms. The number of aliphatic hydroxyl groups excluding tert-OH is 1. The second-order valence-corrected chi connectivity index (χ2v) is 4.65. The maximum absolute atomic E-state index is 10.8. The third-order valence-electron chi connectivity index (χ3n) is 3.12. The van der Waals surface area contributed by atoms with Gasteiger partial charge in [-0.2, -0.15) is 0 Å². The van der Waals surface area contributed by atoms with Gasteiger partial charge in [-0.25, -0.2) is 0 Å². The summed E-state index contributed by atoms with van der Waals surface area (Å²) in [6.07, 6.45) is 10.4. The lowest BCUT2D eigenvalue weighted by atomic mass is 10.0. The van der Waals surface area contributed by atoms with E-state index < -0.39 is 0 Å². The first-order valence-electron chi connectivity index (χ1n) is 6.95. The Morgan fingerprint density at radius 1 is 1.06 bits per heavy atom. The van der Waals surface area contributed by atoms with Gasteiger partial charge in [0.25, 0.3) is 0 Å². The van der Waals surface area contributed by atoms with Gasteiger partial charge in [0, 0.05) is 6.42 Å². The minimum Gasteiger partial charge on any atom is -0.469 e. The molecule has 17 heavy (non-hydrogen) atoms. The van der Waals surface area contributed by atoms with Crippen LogP contribution in [0.25, 0.3) is 0 Å². The van der Waals surface area contributed by atoms with Gasteiger partial charge in [-0.1, -0.05) is 45.4 Å². The van der Waals surface area contributed by atoms with E-state index in [1.165, 1.54) is 32.8 Å². The molecule has 102 valence electrons. The highest BCUT2D eigenvalue weighted by molar-refractivity contribution is 5.68. The van der Waals surface area contributed by atoms with Crippen LogP contribution >= 0.6 is 0 Å². The maximum atomic E-state index is 10.8. The van der Waals surface area contributed by atoms with Gasteiger partial charge < -0.3 is 9.84 Å². The molecule has 0 aromatic rings. The van der Waals surface area contributed by atoms with E-state index in [0.29, 0.717) is 6.42 Å². The number of methoxy groups -OCH3 is 1. The summed E-state index contributed by atoms with van der Waals surface area (Å²) in [5.74, 6) is -0.0986. The zero-order valence-electron chi connectivity index (χ0n) is 11.4. The molecule has 0 rings (SSSR count). The van der Waals surface area contributed by atoms with E-state index in [9.17, 15) is 9.90 Å². The summed E-state index contributed by atoms with van der Waals surface area (Å²) in [5.41, 5.74) is 0. The van der Waals surface area contributed by atoms with Crippen molar-refractivity contribution in [2.45, 2.75) is 77.2 Å². The summed E-state index contributed by atoms with van der Waals surface area (Å²) in [6.45, 7) is 2.02. The van der Waals surface area contributed by atoms with Crippen molar-refractivity contribution in [3.8, 4) is 0 Å². The van der Waals surface area contributed by atoms with E-state index in [4.69, 9.17) is 0 Å². The molecule has 1 N–H and O–H groups in total. The van der Waals surface area contributed by atoms with Crippen LogP contribution in [0.15, 0.2) is 0 Å². The molecule has 1 unspecified atom stereocenters. The monoisotopic (exact) mass is 244 g/mol. The van der Waals surface area contributed by atoms with Crippen molar-refractivity contribution in [2.75, 3.05) is 7.11 Å². The zero-order valence-corrected chi connectivity index (χ0v) is 11.4. The molecule has 0 aliphatic heterocycles. The van der Waals surface area contributed by atoms with Crippen molar-refractivity contribution in [2.24, 2.45) is 0 Å². The van der Waals surface area contributed by atoms with E-state index in [2.05, 4.69) is 4.74 Å². The third kappa shape index (κ3) is 11.7. The highest BCUT2D eigenvalue weighted by Crippen LogP contribution is 2.11. The number of carbonyl (C=O) groups excluding carboxylic acids is 1. The molecule has 0 heterocycles. The molecule has 0 saturated heterocycles. The van der Waals surface area contributed by atoms with Crippen molar-refractivity contribution in [3.63, 3.8) is 0 Å². The average molecular weight is 244 g/mol. The summed E-state index contributed by atoms with van der Waals surface area (Å²) in [7, 11) is 1.44. The quantitative estimate of drug-likeness (QED) is 0.447. The zero-order chi connectivity index (χ0) is 12.9. The number of rotatable bonds is 11. The summed E-state index contributed by atoms with van der Waals surface area (Å²) >= 11 is 0. The minimum absolute atomic E-state index is 0.0986. The van der Waals surface area contributed by atoms with Crippen molar-refractivity contribution in [1.29, 1.82) is 0 Å². The van der Waals surface area contributed by atoms with E-state index in [0.717, 1.165) is 32.1 Å². The Hall–Kier alpha value is -0.570. The standard InChI is InChI=1S/C14H28O3/c1-3-13(15)11-9-7-5-4-6-8-10-12-14(16)17-2/h13,15H,3-12H2,1-2H3. The molecule has 0 fully saturated rings. The Morgan fingerprint density at radius 3 is 2.12 bits per heavy atom. The van der Waals surface area contributed by atoms with Crippen molar-refractivity contribution < 1.29 is 14.6 Å². The molecule has 3 heteroatoms. The predicted molar refractivity (Wildman–Crippen MR) is 69.9 cm³/mol. The first kappa shape index (κ1) is 16.4. The minimum atomic E-state index is -0.102. The number of esters is 1. The smallest absolute Gasteiger partial charge is 0.305 e. The predicted octanol–water partition coefficient (Wildman–Crippen LogP) is 3.44. The number of hydrogen-bond acceptors (Lipinski definition) is 3. The lowest BCUT2D eigenvalue weighted by molar-refractivity contribution is -0.140. The second kappa shape index (κ2) is 11.9. The van der Waals surface area contributed by atoms with Gasteiger partial charge in [0.2, 0.25) is 0 Å². The van der Waals surface area contributed by atoms with E-state index in [-0.39, 0.29) is 12.1 Å². The topological polar surface area (TPSA) is 46.5 Å². The van der Waals surface area contributed by atoms with Crippen LogP contribution in [0.3, 0.4) is 0 Å². The van der Waals surface area contributed by atoms with Gasteiger partial charge in [0.1, 0.15) is 0 Å². The number of carbonyl (C=O) groups is 1. The largest absolute Gasteiger partial charge is 0.469 e. The van der Waals surface area contributed by atoms with Crippen molar-refractivity contribution >= 4 is 5.97 Å². The fraction of sp³-hybridized carbons (Fsp3) is 0.929. The number of ether oxygens (including phenoxy) is 1. The first-order chi connectivity index (χ1) is 8.20. The number of aliphatic hydroxyl groups is 1. The van der Waals surface area contributed by atoms with Crippen LogP contribution in [-0.4, -0.2) is 24.3 Å². The SMILES string of the molecule is CCC(O)CCCCCCCCCC(=O)OC. The lowest BCUT2D eigenvalue weighted by Gasteiger charge is -2.06. The van der Waals surface area contributed by atoms with E-state index >= 15 is 0 Å². The van der Waals surface area contributed by atoms with E-state index in [1.54, 1.807) is 0 Å². The molecule has 1 atom stereocenters. The Bertz CT molecular complexity index is 180. The molecule has 0 aliphatic rings. The Morgan fingerprint density at radius 2 is 1.59 bits per heavy atom. The van der Waals surface area contributed by atoms with E-state index in [1.807, 2.05) is 6.92 Å². The summed E-state index contributed by atoms with van der Waals surface area (Å²) < 4.78 is 4.58. The van der Waals surface area contributed by atoms with Crippen LogP contribution < -0.4 is 0 Å². The third-order valence-corrected chi connectivity index (χ3v) is 3.12. The number of hydrogen-bond donors (Lipinski definition) is 1. The molecule has 0 bridgehead atoms. The molecule has 3 nitrogen and oxygen atoms in total. The van der Waals surface area contributed by atoms with Crippen LogP contribution in [0.1, 0.15) is 71.1 Å². The van der Waals surface area contributed by atoms with Crippen LogP contribution in [0, 0.1) is 0 Å². The van der Waals surface area contributed by atoms with Gasteiger partial charge in [0.05, 0.1) is 13.2 Å². The maximum Gasteiger partial charge on any atom is 0.305 e. The van der Waals surface area contributed by atoms with Gasteiger partial charge in [0.15, 0.2) is 0 Å². The molecule has 0 aromatic carbocycles. The van der Waals surface area contributed by atoms with Gasteiger partial charge in [-0.3, -0.25) is 4.79 Å². The first-order valence-corrected chi connectivity index (χ1v) is 6.95. The van der Waals surface area contributed by atoms with Crippen LogP contribution in [0.4, 0.5) is 0 Å². The molecular weight excluding hydrogens is 216 g/mol. The van der Waals surface area contributed by atoms with Crippen LogP contribution in [0.2, 0.25) is 0 Å². The second-order valence-electron chi connectivity index (χ2n) is 4.65. The molecule has 0 aliphatic carbocycles. The Balaban J connectivity index is 3.06. The lowest BCUT2D eigenvalue weighted by Crippen LogP contribution is -2.03. The normalized spacial score (nSPS) is 12.4. The van der Waals surface area contributed by atoms with Gasteiger partial charge in [-0.05, 0) is 19.3 Å². The Labute approximate surface area is 106 Å². The highest BCUT2D eigenvalue weighted by Gasteiger charge is 2.00. The molecular formula is C14H28O3. The van der Waals surface area contributed by atoms with Crippen LogP contribution in [-0.2, 0) is 9.53 Å². The Kier molecular flexibility index (Phi) is 11.5. The average Bonchev–Trinajstić information content (AvgIpc) is 2.35. The van der Waals surface area contributed by atoms with Gasteiger partial charge >= 0.3 is 5.97 Å².